The maximum absolute atomic E-state index is 13.3. The second-order valence-electron chi connectivity index (χ2n) is 3.56. The average Bonchev–Trinajstić information content (AvgIpc) is 2.23. The van der Waals surface area contributed by atoms with Crippen molar-refractivity contribution >= 4 is 21.5 Å². The van der Waals surface area contributed by atoms with Crippen LogP contribution in [0.4, 0.5) is 17.6 Å². The number of halogens is 5. The molecule has 0 unspecified atom stereocenters. The van der Waals surface area contributed by atoms with Crippen LogP contribution in [0.3, 0.4) is 0 Å². The van der Waals surface area contributed by atoms with Crippen molar-refractivity contribution in [1.29, 1.82) is 0 Å². The maximum atomic E-state index is 13.3. The Morgan fingerprint density at radius 1 is 1.35 bits per heavy atom. The zero-order valence-corrected chi connectivity index (χ0v) is 10.7. The van der Waals surface area contributed by atoms with E-state index in [0.717, 1.165) is 29.5 Å². The molecule has 0 nitrogen and oxygen atoms in total. The molecule has 0 aliphatic carbocycles. The Morgan fingerprint density at radius 3 is 2.47 bits per heavy atom. The molecule has 0 aromatic heterocycles. The van der Waals surface area contributed by atoms with Gasteiger partial charge in [0.25, 0.3) is 0 Å². The topological polar surface area (TPSA) is 0 Å². The zero-order chi connectivity index (χ0) is 13.1. The van der Waals surface area contributed by atoms with E-state index < -0.39 is 17.6 Å². The summed E-state index contributed by atoms with van der Waals surface area (Å²) in [6.07, 6.45) is -2.05. The van der Waals surface area contributed by atoms with E-state index in [0.29, 0.717) is 5.56 Å². The van der Waals surface area contributed by atoms with Crippen LogP contribution in [0.1, 0.15) is 24.5 Å². The monoisotopic (exact) mass is 310 g/mol. The summed E-state index contributed by atoms with van der Waals surface area (Å²) in [7, 11) is 0. The van der Waals surface area contributed by atoms with Crippen LogP contribution in [-0.4, -0.2) is 5.33 Å². The summed E-state index contributed by atoms with van der Waals surface area (Å²) in [6, 6.07) is 2.98. The molecule has 0 saturated heterocycles. The quantitative estimate of drug-likeness (QED) is 0.542. The SMILES string of the molecule is C/C(=C/CCBr)c1ccc(C(F)(F)F)c(F)c1. The molecule has 0 spiro atoms. The molecule has 0 amide bonds. The molecule has 0 aliphatic rings. The standard InChI is InChI=1S/C12H11BrF4/c1-8(3-2-6-13)9-4-5-10(11(14)7-9)12(15,16)17/h3-5,7H,2,6H2,1H3/b8-3-. The Bertz CT molecular complexity index is 421. The van der Waals surface area contributed by atoms with Crippen molar-refractivity contribution in [3.05, 3.63) is 41.2 Å². The molecule has 0 fully saturated rings. The minimum atomic E-state index is -4.64. The third kappa shape index (κ3) is 3.84. The first-order valence-electron chi connectivity index (χ1n) is 4.96. The molecule has 1 aromatic rings. The van der Waals surface area contributed by atoms with Gasteiger partial charge in [0.15, 0.2) is 0 Å². The number of hydrogen-bond acceptors (Lipinski definition) is 0. The highest BCUT2D eigenvalue weighted by Gasteiger charge is 2.33. The maximum Gasteiger partial charge on any atom is 0.419 e. The van der Waals surface area contributed by atoms with Crippen LogP contribution in [0.2, 0.25) is 0 Å². The number of hydrogen-bond donors (Lipinski definition) is 0. The first kappa shape index (κ1) is 14.2. The van der Waals surface area contributed by atoms with Gasteiger partial charge in [-0.1, -0.05) is 28.1 Å². The second kappa shape index (κ2) is 5.67. The zero-order valence-electron chi connectivity index (χ0n) is 9.11. The number of allylic oxidation sites excluding steroid dienone is 2. The smallest absolute Gasteiger partial charge is 0.206 e. The van der Waals surface area contributed by atoms with E-state index in [9.17, 15) is 17.6 Å². The van der Waals surface area contributed by atoms with Crippen LogP contribution in [0.5, 0.6) is 0 Å². The van der Waals surface area contributed by atoms with Gasteiger partial charge in [0.1, 0.15) is 5.82 Å². The molecule has 0 bridgehead atoms. The Kier molecular flexibility index (Phi) is 4.74. The van der Waals surface area contributed by atoms with Gasteiger partial charge in [-0.05, 0) is 36.6 Å². The first-order valence-corrected chi connectivity index (χ1v) is 6.08. The molecule has 1 rings (SSSR count). The van der Waals surface area contributed by atoms with Crippen molar-refractivity contribution in [2.24, 2.45) is 0 Å². The Morgan fingerprint density at radius 2 is 2.00 bits per heavy atom. The van der Waals surface area contributed by atoms with Gasteiger partial charge in [0.2, 0.25) is 0 Å². The van der Waals surface area contributed by atoms with Crippen molar-refractivity contribution in [3.63, 3.8) is 0 Å². The van der Waals surface area contributed by atoms with Gasteiger partial charge >= 0.3 is 6.18 Å². The second-order valence-corrected chi connectivity index (χ2v) is 4.35. The minimum Gasteiger partial charge on any atom is -0.206 e. The van der Waals surface area contributed by atoms with Crippen LogP contribution < -0.4 is 0 Å². The van der Waals surface area contributed by atoms with E-state index in [1.165, 1.54) is 6.07 Å². The molecule has 94 valence electrons. The van der Waals surface area contributed by atoms with Crippen molar-refractivity contribution < 1.29 is 17.6 Å². The lowest BCUT2D eigenvalue weighted by molar-refractivity contribution is -0.140. The molecular weight excluding hydrogens is 300 g/mol. The van der Waals surface area contributed by atoms with E-state index in [2.05, 4.69) is 15.9 Å². The van der Waals surface area contributed by atoms with Crippen molar-refractivity contribution in [3.8, 4) is 0 Å². The van der Waals surface area contributed by atoms with E-state index in [1.54, 1.807) is 6.92 Å². The lowest BCUT2D eigenvalue weighted by Gasteiger charge is -2.09. The molecule has 5 heteroatoms. The summed E-state index contributed by atoms with van der Waals surface area (Å²) < 4.78 is 50.2. The van der Waals surface area contributed by atoms with Crippen LogP contribution in [-0.2, 0) is 6.18 Å². The van der Waals surface area contributed by atoms with Crippen LogP contribution in [0, 0.1) is 5.82 Å². The molecule has 0 aliphatic heterocycles. The predicted molar refractivity (Wildman–Crippen MR) is 63.5 cm³/mol. The summed E-state index contributed by atoms with van der Waals surface area (Å²) in [5.74, 6) is -1.23. The molecular formula is C12H11BrF4. The largest absolute Gasteiger partial charge is 0.419 e. The normalized spacial score (nSPS) is 12.9. The van der Waals surface area contributed by atoms with Crippen LogP contribution in [0.25, 0.3) is 5.57 Å². The average molecular weight is 311 g/mol. The third-order valence-corrected chi connectivity index (χ3v) is 2.75. The summed E-state index contributed by atoms with van der Waals surface area (Å²) >= 11 is 3.24. The summed E-state index contributed by atoms with van der Waals surface area (Å²) in [4.78, 5) is 0. The number of alkyl halides is 4. The molecule has 1 aromatic carbocycles. The molecule has 0 saturated carbocycles. The summed E-state index contributed by atoms with van der Waals surface area (Å²) in [5, 5.41) is 0.757. The van der Waals surface area contributed by atoms with E-state index in [1.807, 2.05) is 6.08 Å². The highest BCUT2D eigenvalue weighted by molar-refractivity contribution is 9.09. The molecule has 0 N–H and O–H groups in total. The first-order chi connectivity index (χ1) is 7.86. The Balaban J connectivity index is 3.05. The lowest BCUT2D eigenvalue weighted by Crippen LogP contribution is -2.08. The van der Waals surface area contributed by atoms with Crippen molar-refractivity contribution in [2.75, 3.05) is 5.33 Å². The van der Waals surface area contributed by atoms with E-state index >= 15 is 0 Å². The van der Waals surface area contributed by atoms with Gasteiger partial charge in [-0.15, -0.1) is 0 Å². The lowest BCUT2D eigenvalue weighted by atomic mass is 10.0. The third-order valence-electron chi connectivity index (χ3n) is 2.29. The fourth-order valence-electron chi connectivity index (χ4n) is 1.38. The van der Waals surface area contributed by atoms with E-state index in [4.69, 9.17) is 0 Å². The fourth-order valence-corrected chi connectivity index (χ4v) is 1.61. The minimum absolute atomic E-state index is 0.469. The van der Waals surface area contributed by atoms with Crippen LogP contribution in [0.15, 0.2) is 24.3 Å². The van der Waals surface area contributed by atoms with Gasteiger partial charge in [-0.25, -0.2) is 4.39 Å². The fraction of sp³-hybridized carbons (Fsp3) is 0.333. The Labute approximate surface area is 105 Å². The highest BCUT2D eigenvalue weighted by Crippen LogP contribution is 2.32. The molecule has 0 atom stereocenters. The van der Waals surface area contributed by atoms with Gasteiger partial charge in [-0.3, -0.25) is 0 Å². The van der Waals surface area contributed by atoms with E-state index in [-0.39, 0.29) is 0 Å². The predicted octanol–water partition coefficient (Wildman–Crippen LogP) is 5.03. The molecule has 0 heterocycles. The van der Waals surface area contributed by atoms with Gasteiger partial charge in [-0.2, -0.15) is 13.2 Å². The molecule has 0 radical (unpaired) electrons. The van der Waals surface area contributed by atoms with Gasteiger partial charge in [0, 0.05) is 5.33 Å². The number of rotatable bonds is 3. The number of benzene rings is 1. The van der Waals surface area contributed by atoms with Crippen LogP contribution >= 0.6 is 15.9 Å². The van der Waals surface area contributed by atoms with Crippen molar-refractivity contribution in [1.82, 2.24) is 0 Å². The molecule has 17 heavy (non-hydrogen) atoms. The highest BCUT2D eigenvalue weighted by atomic mass is 79.9. The summed E-state index contributed by atoms with van der Waals surface area (Å²) in [5.41, 5.74) is 0.00284. The Hall–Kier alpha value is -0.840. The van der Waals surface area contributed by atoms with Gasteiger partial charge in [0.05, 0.1) is 5.56 Å². The van der Waals surface area contributed by atoms with Crippen molar-refractivity contribution in [2.45, 2.75) is 19.5 Å². The summed E-state index contributed by atoms with van der Waals surface area (Å²) in [6.45, 7) is 1.74. The van der Waals surface area contributed by atoms with Gasteiger partial charge < -0.3 is 0 Å².